The van der Waals surface area contributed by atoms with Crippen molar-refractivity contribution in [3.05, 3.63) is 48.1 Å². The van der Waals surface area contributed by atoms with Crippen molar-refractivity contribution in [2.45, 2.75) is 31.0 Å². The Kier molecular flexibility index (Phi) is 5.65. The number of carbonyl (C=O) groups excluding carboxylic acids is 1. The lowest BCUT2D eigenvalue weighted by molar-refractivity contribution is -0.343. The van der Waals surface area contributed by atoms with Crippen LogP contribution in [-0.4, -0.2) is 35.6 Å². The molecule has 0 bridgehead atoms. The summed E-state index contributed by atoms with van der Waals surface area (Å²) in [6.45, 7) is 0. The molecule has 0 saturated heterocycles. The number of aromatic hydroxyl groups is 1. The van der Waals surface area contributed by atoms with Crippen molar-refractivity contribution in [3.63, 3.8) is 0 Å². The second-order valence-electron chi connectivity index (χ2n) is 5.38. The number of phenols is 1. The lowest BCUT2D eigenvalue weighted by Gasteiger charge is -2.26. The molecule has 2 N–H and O–H groups in total. The molecule has 1 aromatic rings. The van der Waals surface area contributed by atoms with Crippen molar-refractivity contribution >= 4 is 11.6 Å². The Balaban J connectivity index is 1.94. The standard InChI is InChI=1S/C16H13F6NO3/c17-14(15(18,19)20)16(21,22)26-12-7-1-9(2-8-12)13(25)23-10-3-5-11(24)6-4-10/h1-7,12,14,24H,8H2,(H,23,25)/t12-,14+/m1/s1. The van der Waals surface area contributed by atoms with Crippen LogP contribution in [-0.2, 0) is 9.53 Å². The van der Waals surface area contributed by atoms with E-state index in [-0.39, 0.29) is 17.7 Å². The van der Waals surface area contributed by atoms with Crippen molar-refractivity contribution < 1.29 is 41.0 Å². The average Bonchev–Trinajstić information content (AvgIpc) is 2.55. The Morgan fingerprint density at radius 2 is 1.81 bits per heavy atom. The number of rotatable bonds is 5. The van der Waals surface area contributed by atoms with E-state index in [0.717, 1.165) is 12.2 Å². The van der Waals surface area contributed by atoms with Gasteiger partial charge in [-0.15, -0.1) is 0 Å². The van der Waals surface area contributed by atoms with Crippen molar-refractivity contribution in [2.24, 2.45) is 0 Å². The first-order valence-corrected chi connectivity index (χ1v) is 7.24. The minimum absolute atomic E-state index is 0.00859. The zero-order valence-electron chi connectivity index (χ0n) is 12.9. The maximum Gasteiger partial charge on any atom is 0.428 e. The molecular formula is C16H13F6NO3. The number of alkyl halides is 6. The summed E-state index contributed by atoms with van der Waals surface area (Å²) in [5.41, 5.74) is 0.423. The first-order chi connectivity index (χ1) is 12.0. The van der Waals surface area contributed by atoms with E-state index in [9.17, 15) is 31.1 Å². The fourth-order valence-electron chi connectivity index (χ4n) is 2.06. The maximum absolute atomic E-state index is 13.2. The fourth-order valence-corrected chi connectivity index (χ4v) is 2.06. The predicted molar refractivity (Wildman–Crippen MR) is 79.3 cm³/mol. The van der Waals surface area contributed by atoms with Gasteiger partial charge in [0.05, 0.1) is 6.10 Å². The molecule has 0 radical (unpaired) electrons. The summed E-state index contributed by atoms with van der Waals surface area (Å²) in [5.74, 6) is -0.610. The van der Waals surface area contributed by atoms with Gasteiger partial charge in [-0.1, -0.05) is 18.2 Å². The number of halogens is 6. The van der Waals surface area contributed by atoms with E-state index in [4.69, 9.17) is 5.11 Å². The Hall–Kier alpha value is -2.49. The topological polar surface area (TPSA) is 58.6 Å². The third-order valence-corrected chi connectivity index (χ3v) is 3.34. The number of amides is 1. The summed E-state index contributed by atoms with van der Waals surface area (Å²) < 4.78 is 79.3. The minimum atomic E-state index is -5.76. The van der Waals surface area contributed by atoms with E-state index in [1.165, 1.54) is 30.3 Å². The SMILES string of the molecule is O=C(Nc1ccc(O)cc1)C1=CC[C@H](OC(F)(F)[C@@H](F)C(F)(F)F)C=C1. The Bertz CT molecular complexity index is 712. The molecule has 1 aromatic carbocycles. The van der Waals surface area contributed by atoms with E-state index >= 15 is 0 Å². The third-order valence-electron chi connectivity index (χ3n) is 3.34. The highest BCUT2D eigenvalue weighted by molar-refractivity contribution is 6.05. The van der Waals surface area contributed by atoms with Gasteiger partial charge in [0.2, 0.25) is 0 Å². The quantitative estimate of drug-likeness (QED) is 0.597. The number of hydrogen-bond donors (Lipinski definition) is 2. The van der Waals surface area contributed by atoms with Gasteiger partial charge in [0.15, 0.2) is 0 Å². The second kappa shape index (κ2) is 7.40. The second-order valence-corrected chi connectivity index (χ2v) is 5.38. The highest BCUT2D eigenvalue weighted by Crippen LogP contribution is 2.37. The van der Waals surface area contributed by atoms with E-state index in [1.54, 1.807) is 0 Å². The first kappa shape index (κ1) is 19.8. The molecule has 0 aromatic heterocycles. The van der Waals surface area contributed by atoms with Crippen LogP contribution in [0.1, 0.15) is 6.42 Å². The zero-order valence-corrected chi connectivity index (χ0v) is 12.9. The van der Waals surface area contributed by atoms with Gasteiger partial charge in [0.1, 0.15) is 5.75 Å². The zero-order chi connectivity index (χ0) is 19.5. The molecule has 4 nitrogen and oxygen atoms in total. The van der Waals surface area contributed by atoms with Crippen molar-refractivity contribution in [1.82, 2.24) is 0 Å². The van der Waals surface area contributed by atoms with Gasteiger partial charge in [-0.2, -0.15) is 22.0 Å². The normalized spacial score (nSPS) is 19.0. The number of carbonyl (C=O) groups is 1. The molecule has 0 unspecified atom stereocenters. The molecule has 0 fully saturated rings. The summed E-state index contributed by atoms with van der Waals surface area (Å²) in [6.07, 6.45) is -13.9. The molecule has 26 heavy (non-hydrogen) atoms. The predicted octanol–water partition coefficient (Wildman–Crippen LogP) is 4.10. The summed E-state index contributed by atoms with van der Waals surface area (Å²) in [5, 5.41) is 11.6. The van der Waals surface area contributed by atoms with E-state index in [2.05, 4.69) is 10.1 Å². The number of phenolic OH excluding ortho intramolecular Hbond substituents is 1. The molecule has 10 heteroatoms. The van der Waals surface area contributed by atoms with Crippen LogP contribution < -0.4 is 5.32 Å². The number of ether oxygens (including phenoxy) is 1. The largest absolute Gasteiger partial charge is 0.508 e. The van der Waals surface area contributed by atoms with Crippen molar-refractivity contribution in [3.8, 4) is 5.75 Å². The molecular weight excluding hydrogens is 368 g/mol. The molecule has 0 heterocycles. The molecule has 1 amide bonds. The van der Waals surface area contributed by atoms with Gasteiger partial charge in [-0.05, 0) is 30.7 Å². The maximum atomic E-state index is 13.2. The summed E-state index contributed by atoms with van der Waals surface area (Å²) >= 11 is 0. The number of anilines is 1. The van der Waals surface area contributed by atoms with Crippen molar-refractivity contribution in [1.29, 1.82) is 0 Å². The molecule has 0 spiro atoms. The summed E-state index contributed by atoms with van der Waals surface area (Å²) in [6, 6.07) is 5.51. The lowest BCUT2D eigenvalue weighted by atomic mass is 10.0. The van der Waals surface area contributed by atoms with Gasteiger partial charge in [-0.3, -0.25) is 4.79 Å². The Morgan fingerprint density at radius 3 is 2.31 bits per heavy atom. The van der Waals surface area contributed by atoms with Crippen LogP contribution in [0.15, 0.2) is 48.1 Å². The van der Waals surface area contributed by atoms with Gasteiger partial charge in [-0.25, -0.2) is 4.39 Å². The van der Waals surface area contributed by atoms with Crippen LogP contribution in [0.25, 0.3) is 0 Å². The van der Waals surface area contributed by atoms with Crippen LogP contribution >= 0.6 is 0 Å². The van der Waals surface area contributed by atoms with E-state index in [0.29, 0.717) is 5.69 Å². The van der Waals surface area contributed by atoms with Gasteiger partial charge < -0.3 is 15.2 Å². The number of benzene rings is 1. The van der Waals surface area contributed by atoms with Crippen LogP contribution in [0.4, 0.5) is 32.0 Å². The Labute approximate surface area is 143 Å². The molecule has 2 rings (SSSR count). The molecule has 0 aliphatic heterocycles. The molecule has 0 saturated carbocycles. The smallest absolute Gasteiger partial charge is 0.428 e. The van der Waals surface area contributed by atoms with Crippen LogP contribution in [0.2, 0.25) is 0 Å². The van der Waals surface area contributed by atoms with Gasteiger partial charge in [0, 0.05) is 11.3 Å². The van der Waals surface area contributed by atoms with E-state index in [1.807, 2.05) is 0 Å². The van der Waals surface area contributed by atoms with Crippen LogP contribution in [0, 0.1) is 0 Å². The minimum Gasteiger partial charge on any atom is -0.508 e. The third kappa shape index (κ3) is 5.01. The monoisotopic (exact) mass is 381 g/mol. The lowest BCUT2D eigenvalue weighted by Crippen LogP contribution is -2.45. The van der Waals surface area contributed by atoms with Crippen LogP contribution in [0.5, 0.6) is 5.75 Å². The van der Waals surface area contributed by atoms with E-state index < -0.39 is 30.5 Å². The summed E-state index contributed by atoms with van der Waals surface area (Å²) in [7, 11) is 0. The average molecular weight is 381 g/mol. The molecule has 142 valence electrons. The first-order valence-electron chi connectivity index (χ1n) is 7.24. The van der Waals surface area contributed by atoms with Gasteiger partial charge in [0.25, 0.3) is 12.1 Å². The van der Waals surface area contributed by atoms with Gasteiger partial charge >= 0.3 is 12.3 Å². The fraction of sp³-hybridized carbons (Fsp3) is 0.312. The Morgan fingerprint density at radius 1 is 1.19 bits per heavy atom. The molecule has 2 atom stereocenters. The highest BCUT2D eigenvalue weighted by Gasteiger charge is 2.58. The number of hydrogen-bond acceptors (Lipinski definition) is 3. The molecule has 1 aliphatic rings. The van der Waals surface area contributed by atoms with Crippen LogP contribution in [0.3, 0.4) is 0 Å². The molecule has 1 aliphatic carbocycles. The number of nitrogens with one attached hydrogen (secondary N) is 1. The van der Waals surface area contributed by atoms with Crippen molar-refractivity contribution in [2.75, 3.05) is 5.32 Å². The highest BCUT2D eigenvalue weighted by atomic mass is 19.4. The summed E-state index contributed by atoms with van der Waals surface area (Å²) in [4.78, 5) is 12.0.